The van der Waals surface area contributed by atoms with Gasteiger partial charge in [0.1, 0.15) is 6.04 Å². The average molecular weight is 270 g/mol. The second kappa shape index (κ2) is 5.42. The van der Waals surface area contributed by atoms with E-state index in [1.807, 2.05) is 5.32 Å². The number of aliphatic hydroxyl groups excluding tert-OH is 1. The van der Waals surface area contributed by atoms with Crippen LogP contribution in [0.4, 0.5) is 18.0 Å². The van der Waals surface area contributed by atoms with Gasteiger partial charge in [-0.25, -0.2) is 9.59 Å². The molecule has 0 spiro atoms. The molecule has 6 nitrogen and oxygen atoms in total. The molecule has 9 heteroatoms. The molecule has 0 bridgehead atoms. The highest BCUT2D eigenvalue weighted by molar-refractivity contribution is 5.83. The van der Waals surface area contributed by atoms with Crippen LogP contribution in [0.25, 0.3) is 0 Å². The van der Waals surface area contributed by atoms with Crippen LogP contribution < -0.4 is 5.32 Å². The van der Waals surface area contributed by atoms with Crippen molar-refractivity contribution < 1.29 is 33.0 Å². The van der Waals surface area contributed by atoms with Gasteiger partial charge in [0.25, 0.3) is 0 Å². The lowest BCUT2D eigenvalue weighted by atomic mass is 10.2. The largest absolute Gasteiger partial charge is 0.480 e. The minimum atomic E-state index is -4.38. The highest BCUT2D eigenvalue weighted by Crippen LogP contribution is 2.20. The van der Waals surface area contributed by atoms with Crippen molar-refractivity contribution >= 4 is 12.0 Å². The van der Waals surface area contributed by atoms with E-state index in [-0.39, 0.29) is 13.0 Å². The number of hydrogen-bond donors (Lipinski definition) is 3. The zero-order valence-corrected chi connectivity index (χ0v) is 9.28. The summed E-state index contributed by atoms with van der Waals surface area (Å²) < 4.78 is 35.6. The lowest BCUT2D eigenvalue weighted by Crippen LogP contribution is -2.46. The molecule has 1 rings (SSSR count). The van der Waals surface area contributed by atoms with Crippen LogP contribution >= 0.6 is 0 Å². The Bertz CT molecular complexity index is 334. The number of carbonyl (C=O) groups excluding carboxylic acids is 1. The summed E-state index contributed by atoms with van der Waals surface area (Å²) in [6.07, 6.45) is -6.67. The van der Waals surface area contributed by atoms with Gasteiger partial charge < -0.3 is 20.4 Å². The Morgan fingerprint density at radius 1 is 1.39 bits per heavy atom. The smallest absolute Gasteiger partial charge is 0.390 e. The molecule has 0 aromatic rings. The second-order valence-corrected chi connectivity index (χ2v) is 3.99. The summed E-state index contributed by atoms with van der Waals surface area (Å²) in [5.41, 5.74) is 0. The van der Waals surface area contributed by atoms with Crippen molar-refractivity contribution in [1.82, 2.24) is 10.2 Å². The zero-order valence-electron chi connectivity index (χ0n) is 9.28. The summed E-state index contributed by atoms with van der Waals surface area (Å²) in [5, 5.41) is 20.0. The van der Waals surface area contributed by atoms with Gasteiger partial charge in [-0.05, 0) is 0 Å². The summed E-state index contributed by atoms with van der Waals surface area (Å²) in [4.78, 5) is 23.1. The van der Waals surface area contributed by atoms with Gasteiger partial charge in [0.2, 0.25) is 0 Å². The molecule has 1 heterocycles. The standard InChI is InChI=1S/C9H13F3N2O4/c10-9(11,12)1-2-13-8(18)14-4-5(15)3-6(14)7(16)17/h5-6,15H,1-4H2,(H,13,18)(H,16,17)/t5?,6-/m0/s1. The number of aliphatic carboxylic acids is 1. The van der Waals surface area contributed by atoms with E-state index >= 15 is 0 Å². The number of urea groups is 1. The first-order chi connectivity index (χ1) is 8.20. The number of hydrogen-bond acceptors (Lipinski definition) is 3. The highest BCUT2D eigenvalue weighted by atomic mass is 19.4. The summed E-state index contributed by atoms with van der Waals surface area (Å²) in [5.74, 6) is -1.29. The molecule has 1 fully saturated rings. The maximum absolute atomic E-state index is 11.9. The second-order valence-electron chi connectivity index (χ2n) is 3.99. The minimum Gasteiger partial charge on any atom is -0.480 e. The Morgan fingerprint density at radius 3 is 2.50 bits per heavy atom. The fourth-order valence-corrected chi connectivity index (χ4v) is 1.69. The highest BCUT2D eigenvalue weighted by Gasteiger charge is 2.39. The third-order valence-corrected chi connectivity index (χ3v) is 2.51. The molecule has 104 valence electrons. The van der Waals surface area contributed by atoms with Crippen molar-refractivity contribution in [2.24, 2.45) is 0 Å². The van der Waals surface area contributed by atoms with Gasteiger partial charge in [-0.15, -0.1) is 0 Å². The number of carbonyl (C=O) groups is 2. The van der Waals surface area contributed by atoms with Crippen molar-refractivity contribution in [3.05, 3.63) is 0 Å². The fraction of sp³-hybridized carbons (Fsp3) is 0.778. The van der Waals surface area contributed by atoms with E-state index in [1.54, 1.807) is 0 Å². The number of aliphatic hydroxyl groups is 1. The van der Waals surface area contributed by atoms with E-state index in [2.05, 4.69) is 0 Å². The number of rotatable bonds is 3. The maximum Gasteiger partial charge on any atom is 0.390 e. The van der Waals surface area contributed by atoms with Crippen LogP contribution in [-0.4, -0.2) is 58.5 Å². The summed E-state index contributed by atoms with van der Waals surface area (Å²) in [6.45, 7) is -0.823. The molecule has 0 saturated carbocycles. The first-order valence-corrected chi connectivity index (χ1v) is 5.23. The first kappa shape index (κ1) is 14.6. The van der Waals surface area contributed by atoms with Gasteiger partial charge in [-0.3, -0.25) is 0 Å². The molecule has 1 unspecified atom stereocenters. The molecule has 0 radical (unpaired) electrons. The monoisotopic (exact) mass is 270 g/mol. The number of alkyl halides is 3. The Kier molecular flexibility index (Phi) is 4.38. The molecule has 0 aromatic carbocycles. The van der Waals surface area contributed by atoms with Crippen molar-refractivity contribution in [2.75, 3.05) is 13.1 Å². The van der Waals surface area contributed by atoms with Crippen molar-refractivity contribution in [2.45, 2.75) is 31.2 Å². The number of carboxylic acid groups (broad SMARTS) is 1. The molecule has 1 aliphatic rings. The minimum absolute atomic E-state index is 0.123. The van der Waals surface area contributed by atoms with Crippen LogP contribution in [0.1, 0.15) is 12.8 Å². The fourth-order valence-electron chi connectivity index (χ4n) is 1.69. The maximum atomic E-state index is 11.9. The van der Waals surface area contributed by atoms with E-state index in [9.17, 15) is 27.9 Å². The molecule has 1 saturated heterocycles. The molecule has 3 N–H and O–H groups in total. The Hall–Kier alpha value is -1.51. The number of carboxylic acids is 1. The molecule has 2 atom stereocenters. The van der Waals surface area contributed by atoms with E-state index < -0.39 is 43.3 Å². The Labute approximate surface area is 100 Å². The molecule has 1 aliphatic heterocycles. The number of β-amino-alcohol motifs (C(OH)–C–C–N with tert-alkyl or cyclic N) is 1. The van der Waals surface area contributed by atoms with Crippen LogP contribution in [0, 0.1) is 0 Å². The van der Waals surface area contributed by atoms with Crippen molar-refractivity contribution in [3.8, 4) is 0 Å². The topological polar surface area (TPSA) is 89.9 Å². The summed E-state index contributed by atoms with van der Waals surface area (Å²) >= 11 is 0. The van der Waals surface area contributed by atoms with Crippen LogP contribution in [0.15, 0.2) is 0 Å². The lowest BCUT2D eigenvalue weighted by Gasteiger charge is -2.21. The van der Waals surface area contributed by atoms with Crippen LogP contribution in [0.3, 0.4) is 0 Å². The molecular weight excluding hydrogens is 257 g/mol. The molecule has 2 amide bonds. The predicted octanol–water partition coefficient (Wildman–Crippen LogP) is 0.168. The van der Waals surface area contributed by atoms with Crippen LogP contribution in [-0.2, 0) is 4.79 Å². The molecule has 0 aliphatic carbocycles. The van der Waals surface area contributed by atoms with Gasteiger partial charge in [-0.1, -0.05) is 0 Å². The van der Waals surface area contributed by atoms with Gasteiger partial charge in [-0.2, -0.15) is 13.2 Å². The van der Waals surface area contributed by atoms with Gasteiger partial charge in [0.15, 0.2) is 0 Å². The van der Waals surface area contributed by atoms with Gasteiger partial charge in [0, 0.05) is 19.5 Å². The summed E-state index contributed by atoms with van der Waals surface area (Å²) in [7, 11) is 0. The quantitative estimate of drug-likeness (QED) is 0.682. The van der Waals surface area contributed by atoms with Crippen LogP contribution in [0.5, 0.6) is 0 Å². The van der Waals surface area contributed by atoms with Gasteiger partial charge in [0.05, 0.1) is 12.5 Å². The van der Waals surface area contributed by atoms with Crippen LogP contribution in [0.2, 0.25) is 0 Å². The number of nitrogens with zero attached hydrogens (tertiary/aromatic N) is 1. The van der Waals surface area contributed by atoms with E-state index in [4.69, 9.17) is 5.11 Å². The van der Waals surface area contributed by atoms with E-state index in [0.717, 1.165) is 4.90 Å². The number of amides is 2. The molecular formula is C9H13F3N2O4. The number of nitrogens with one attached hydrogen (secondary N) is 1. The zero-order chi connectivity index (χ0) is 13.9. The average Bonchev–Trinajstić information content (AvgIpc) is 2.58. The third kappa shape index (κ3) is 4.06. The van der Waals surface area contributed by atoms with Gasteiger partial charge >= 0.3 is 18.2 Å². The third-order valence-electron chi connectivity index (χ3n) is 2.51. The lowest BCUT2D eigenvalue weighted by molar-refractivity contribution is -0.141. The predicted molar refractivity (Wildman–Crippen MR) is 52.8 cm³/mol. The number of likely N-dealkylation sites (tertiary alicyclic amines) is 1. The molecule has 0 aromatic heterocycles. The Morgan fingerprint density at radius 2 is 2.00 bits per heavy atom. The number of halogens is 3. The molecule has 18 heavy (non-hydrogen) atoms. The Balaban J connectivity index is 2.48. The normalized spacial score (nSPS) is 24.1. The van der Waals surface area contributed by atoms with Crippen molar-refractivity contribution in [3.63, 3.8) is 0 Å². The van der Waals surface area contributed by atoms with E-state index in [1.165, 1.54) is 0 Å². The first-order valence-electron chi connectivity index (χ1n) is 5.23. The van der Waals surface area contributed by atoms with E-state index in [0.29, 0.717) is 0 Å². The summed E-state index contributed by atoms with van der Waals surface area (Å²) in [6, 6.07) is -2.12. The SMILES string of the molecule is O=C(O)[C@@H]1CC(O)CN1C(=O)NCCC(F)(F)F. The van der Waals surface area contributed by atoms with Crippen molar-refractivity contribution in [1.29, 1.82) is 0 Å².